The normalized spacial score (nSPS) is 16.2. The summed E-state index contributed by atoms with van der Waals surface area (Å²) in [5.74, 6) is 0.664. The lowest BCUT2D eigenvalue weighted by Gasteiger charge is -2.23. The van der Waals surface area contributed by atoms with Crippen LogP contribution >= 0.6 is 11.6 Å². The molecule has 2 heterocycles. The van der Waals surface area contributed by atoms with Gasteiger partial charge in [0, 0.05) is 43.6 Å². The van der Waals surface area contributed by atoms with Crippen LogP contribution in [0.25, 0.3) is 0 Å². The van der Waals surface area contributed by atoms with Crippen LogP contribution in [0.2, 0.25) is 5.02 Å². The molecule has 0 aliphatic carbocycles. The average molecular weight is 423 g/mol. The van der Waals surface area contributed by atoms with E-state index in [1.54, 1.807) is 23.4 Å². The van der Waals surface area contributed by atoms with Crippen LogP contribution in [0.1, 0.15) is 36.5 Å². The number of benzene rings is 1. The monoisotopic (exact) mass is 422 g/mol. The highest BCUT2D eigenvalue weighted by molar-refractivity contribution is 7.89. The van der Waals surface area contributed by atoms with Crippen LogP contribution in [0, 0.1) is 13.8 Å². The second-order valence-electron chi connectivity index (χ2n) is 7.25. The van der Waals surface area contributed by atoms with Crippen molar-refractivity contribution in [1.29, 1.82) is 0 Å². The fraction of sp³-hybridized carbons (Fsp3) is 0.500. The molecule has 0 radical (unpaired) electrons. The highest BCUT2D eigenvalue weighted by Gasteiger charge is 2.29. The number of anilines is 1. The second-order valence-corrected chi connectivity index (χ2v) is 9.57. The molecule has 1 aliphatic rings. The van der Waals surface area contributed by atoms with Crippen molar-refractivity contribution in [3.05, 3.63) is 46.2 Å². The molecule has 1 aromatic heterocycles. The maximum absolute atomic E-state index is 13.2. The van der Waals surface area contributed by atoms with Gasteiger partial charge >= 0.3 is 0 Å². The number of halogens is 1. The molecule has 0 bridgehead atoms. The van der Waals surface area contributed by atoms with Crippen LogP contribution < -0.4 is 4.90 Å². The van der Waals surface area contributed by atoms with Gasteiger partial charge in [0.1, 0.15) is 0 Å². The molecule has 3 rings (SSSR count). The Kier molecular flexibility index (Phi) is 6.58. The van der Waals surface area contributed by atoms with E-state index in [0.29, 0.717) is 41.1 Å². The van der Waals surface area contributed by atoms with E-state index in [2.05, 4.69) is 21.8 Å². The summed E-state index contributed by atoms with van der Waals surface area (Å²) in [6.07, 6.45) is 6.48. The van der Waals surface area contributed by atoms with E-state index in [9.17, 15) is 8.42 Å². The van der Waals surface area contributed by atoms with Gasteiger partial charge in [0.15, 0.2) is 0 Å². The molecule has 0 unspecified atom stereocenters. The van der Waals surface area contributed by atoms with Crippen molar-refractivity contribution in [3.63, 3.8) is 0 Å². The zero-order chi connectivity index (χ0) is 20.3. The first-order valence-electron chi connectivity index (χ1n) is 9.65. The number of aromatic nitrogens is 2. The molecule has 1 fully saturated rings. The Labute approximate surface area is 172 Å². The maximum atomic E-state index is 13.2. The van der Waals surface area contributed by atoms with Crippen LogP contribution in [0.5, 0.6) is 0 Å². The third-order valence-corrected chi connectivity index (χ3v) is 7.49. The zero-order valence-corrected chi connectivity index (χ0v) is 18.2. The van der Waals surface area contributed by atoms with Crippen molar-refractivity contribution in [1.82, 2.24) is 14.3 Å². The van der Waals surface area contributed by atoms with Crippen molar-refractivity contribution >= 4 is 27.6 Å². The Morgan fingerprint density at radius 3 is 2.43 bits per heavy atom. The van der Waals surface area contributed by atoms with Crippen LogP contribution in [0.3, 0.4) is 0 Å². The highest BCUT2D eigenvalue weighted by atomic mass is 35.5. The number of nitrogens with zero attached hydrogens (tertiary/aromatic N) is 4. The first-order valence-corrected chi connectivity index (χ1v) is 11.5. The molecular formula is C20H27ClN4O2S. The van der Waals surface area contributed by atoms with Gasteiger partial charge < -0.3 is 4.90 Å². The Bertz CT molecular complexity index is 932. The molecule has 0 spiro atoms. The number of rotatable bonds is 5. The highest BCUT2D eigenvalue weighted by Crippen LogP contribution is 2.27. The first-order chi connectivity index (χ1) is 13.3. The zero-order valence-electron chi connectivity index (χ0n) is 16.7. The Morgan fingerprint density at radius 1 is 1.04 bits per heavy atom. The molecule has 0 N–H and O–H groups in total. The Balaban J connectivity index is 1.76. The second kappa shape index (κ2) is 8.76. The number of hydrogen-bond acceptors (Lipinski definition) is 5. The summed E-state index contributed by atoms with van der Waals surface area (Å²) in [6, 6.07) is 3.39. The van der Waals surface area contributed by atoms with E-state index >= 15 is 0 Å². The predicted molar refractivity (Wildman–Crippen MR) is 113 cm³/mol. The van der Waals surface area contributed by atoms with Gasteiger partial charge in [0.2, 0.25) is 16.0 Å². The summed E-state index contributed by atoms with van der Waals surface area (Å²) in [6.45, 7) is 7.92. The molecule has 28 heavy (non-hydrogen) atoms. The minimum atomic E-state index is -3.57. The van der Waals surface area contributed by atoms with E-state index < -0.39 is 10.0 Å². The minimum absolute atomic E-state index is 0.336. The number of sulfonamides is 1. The Morgan fingerprint density at radius 2 is 1.75 bits per heavy atom. The molecule has 1 saturated heterocycles. The van der Waals surface area contributed by atoms with Gasteiger partial charge in [0.25, 0.3) is 0 Å². The van der Waals surface area contributed by atoms with Gasteiger partial charge in [-0.2, -0.15) is 4.31 Å². The SMILES string of the molecule is CCCc1cnc(N2CCCN(S(=O)(=O)c3cc(C)c(Cl)cc3C)CC2)nc1. The van der Waals surface area contributed by atoms with Gasteiger partial charge in [0.05, 0.1) is 4.90 Å². The molecule has 1 aromatic carbocycles. The van der Waals surface area contributed by atoms with E-state index in [1.807, 2.05) is 19.3 Å². The lowest BCUT2D eigenvalue weighted by Crippen LogP contribution is -2.36. The molecule has 6 nitrogen and oxygen atoms in total. The van der Waals surface area contributed by atoms with Gasteiger partial charge in [-0.3, -0.25) is 0 Å². The smallest absolute Gasteiger partial charge is 0.243 e. The number of aryl methyl sites for hydroxylation is 3. The van der Waals surface area contributed by atoms with Gasteiger partial charge in [-0.05, 0) is 55.5 Å². The van der Waals surface area contributed by atoms with Gasteiger partial charge in [-0.15, -0.1) is 0 Å². The molecular weight excluding hydrogens is 396 g/mol. The van der Waals surface area contributed by atoms with Crippen LogP contribution in [-0.4, -0.2) is 48.9 Å². The van der Waals surface area contributed by atoms with E-state index in [-0.39, 0.29) is 0 Å². The van der Waals surface area contributed by atoms with Crippen LogP contribution in [-0.2, 0) is 16.4 Å². The molecule has 2 aromatic rings. The minimum Gasteiger partial charge on any atom is -0.339 e. The fourth-order valence-electron chi connectivity index (χ4n) is 3.43. The topological polar surface area (TPSA) is 66.4 Å². The fourth-order valence-corrected chi connectivity index (χ4v) is 5.41. The predicted octanol–water partition coefficient (Wildman–Crippen LogP) is 3.60. The van der Waals surface area contributed by atoms with Gasteiger partial charge in [-0.1, -0.05) is 24.9 Å². The summed E-state index contributed by atoms with van der Waals surface area (Å²) < 4.78 is 28.0. The van der Waals surface area contributed by atoms with Crippen LogP contribution in [0.4, 0.5) is 5.95 Å². The molecule has 0 atom stereocenters. The average Bonchev–Trinajstić information content (AvgIpc) is 2.92. The largest absolute Gasteiger partial charge is 0.339 e. The summed E-state index contributed by atoms with van der Waals surface area (Å²) in [5.41, 5.74) is 2.56. The quantitative estimate of drug-likeness (QED) is 0.736. The lowest BCUT2D eigenvalue weighted by atomic mass is 10.2. The molecule has 0 amide bonds. The summed E-state index contributed by atoms with van der Waals surface area (Å²) in [4.78, 5) is 11.3. The molecule has 8 heteroatoms. The van der Waals surface area contributed by atoms with Crippen molar-refractivity contribution in [2.45, 2.75) is 44.9 Å². The standard InChI is InChI=1S/C20H27ClN4O2S/c1-4-6-17-13-22-20(23-14-17)24-7-5-8-25(10-9-24)28(26,27)19-12-15(2)18(21)11-16(19)3/h11-14H,4-10H2,1-3H3. The summed E-state index contributed by atoms with van der Waals surface area (Å²) in [5, 5.41) is 0.585. The first kappa shape index (κ1) is 21.0. The van der Waals surface area contributed by atoms with E-state index in [1.165, 1.54) is 0 Å². The molecule has 0 saturated carbocycles. The molecule has 152 valence electrons. The number of hydrogen-bond donors (Lipinski definition) is 0. The van der Waals surface area contributed by atoms with Crippen molar-refractivity contribution in [2.24, 2.45) is 0 Å². The third kappa shape index (κ3) is 4.47. The Hall–Kier alpha value is -1.70. The van der Waals surface area contributed by atoms with Crippen molar-refractivity contribution in [3.8, 4) is 0 Å². The maximum Gasteiger partial charge on any atom is 0.243 e. The van der Waals surface area contributed by atoms with Crippen LogP contribution in [0.15, 0.2) is 29.4 Å². The third-order valence-electron chi connectivity index (χ3n) is 5.04. The lowest BCUT2D eigenvalue weighted by molar-refractivity contribution is 0.432. The molecule has 1 aliphatic heterocycles. The summed E-state index contributed by atoms with van der Waals surface area (Å²) >= 11 is 6.14. The van der Waals surface area contributed by atoms with E-state index in [0.717, 1.165) is 36.9 Å². The van der Waals surface area contributed by atoms with Crippen molar-refractivity contribution < 1.29 is 8.42 Å². The van der Waals surface area contributed by atoms with Crippen molar-refractivity contribution in [2.75, 3.05) is 31.1 Å². The van der Waals surface area contributed by atoms with Gasteiger partial charge in [-0.25, -0.2) is 18.4 Å². The summed E-state index contributed by atoms with van der Waals surface area (Å²) in [7, 11) is -3.57. The van der Waals surface area contributed by atoms with E-state index in [4.69, 9.17) is 11.6 Å².